The number of hydrogen-bond donors (Lipinski definition) is 1. The molecule has 2 N–H and O–H groups in total. The first-order chi connectivity index (χ1) is 6.97. The van der Waals surface area contributed by atoms with E-state index in [4.69, 9.17) is 5.73 Å². The summed E-state index contributed by atoms with van der Waals surface area (Å²) in [5, 5.41) is 3.74. The minimum absolute atomic E-state index is 0.0269. The van der Waals surface area contributed by atoms with Crippen LogP contribution in [0.15, 0.2) is 12.3 Å². The topological polar surface area (TPSA) is 69.6 Å². The van der Waals surface area contributed by atoms with E-state index in [1.165, 1.54) is 12.3 Å². The van der Waals surface area contributed by atoms with E-state index in [1.807, 2.05) is 0 Å². The molecule has 5 nitrogen and oxygen atoms in total. The second kappa shape index (κ2) is 3.19. The van der Waals surface area contributed by atoms with Gasteiger partial charge in [-0.25, -0.2) is 4.68 Å². The largest absolute Gasteiger partial charge is 0.452 e. The zero-order valence-corrected chi connectivity index (χ0v) is 7.88. The van der Waals surface area contributed by atoms with Crippen LogP contribution in [0.1, 0.15) is 5.82 Å². The molecule has 0 unspecified atom stereocenters. The summed E-state index contributed by atoms with van der Waals surface area (Å²) in [6.45, 7) is 0. The van der Waals surface area contributed by atoms with Crippen molar-refractivity contribution in [3.8, 4) is 5.13 Å². The van der Waals surface area contributed by atoms with E-state index < -0.39 is 12.0 Å². The lowest BCUT2D eigenvalue weighted by molar-refractivity contribution is -0.144. The maximum Gasteiger partial charge on any atom is 0.452 e. The van der Waals surface area contributed by atoms with Gasteiger partial charge in [-0.15, -0.1) is 5.10 Å². The molecule has 15 heavy (non-hydrogen) atoms. The Hall–Kier alpha value is -1.64. The summed E-state index contributed by atoms with van der Waals surface area (Å²) in [5.41, 5.74) is 5.31. The van der Waals surface area contributed by atoms with E-state index in [-0.39, 0.29) is 10.9 Å². The van der Waals surface area contributed by atoms with Gasteiger partial charge in [0, 0.05) is 23.8 Å². The Labute approximate surface area is 85.5 Å². The molecule has 0 bridgehead atoms. The van der Waals surface area contributed by atoms with Crippen molar-refractivity contribution in [3.63, 3.8) is 0 Å². The van der Waals surface area contributed by atoms with Crippen molar-refractivity contribution in [2.45, 2.75) is 6.18 Å². The fraction of sp³-hybridized carbons (Fsp3) is 0.167. The standard InChI is InChI=1S/C6H4F3N5S/c7-6(8,9)4-11-5(15-13-4)14-2-1-3(10)12-14/h1-2H,(H2,10,12). The minimum atomic E-state index is -4.53. The van der Waals surface area contributed by atoms with E-state index in [0.717, 1.165) is 4.68 Å². The first-order valence-corrected chi connectivity index (χ1v) is 4.46. The number of anilines is 1. The molecule has 2 rings (SSSR count). The van der Waals surface area contributed by atoms with Gasteiger partial charge in [0.05, 0.1) is 0 Å². The van der Waals surface area contributed by atoms with E-state index in [1.54, 1.807) is 0 Å². The van der Waals surface area contributed by atoms with Gasteiger partial charge in [-0.2, -0.15) is 22.5 Å². The molecular weight excluding hydrogens is 231 g/mol. The van der Waals surface area contributed by atoms with Crippen LogP contribution in [0.4, 0.5) is 19.0 Å². The summed E-state index contributed by atoms with van der Waals surface area (Å²) in [6.07, 6.45) is -3.12. The smallest absolute Gasteiger partial charge is 0.382 e. The summed E-state index contributed by atoms with van der Waals surface area (Å²) < 4.78 is 40.8. The summed E-state index contributed by atoms with van der Waals surface area (Å²) in [4.78, 5) is 3.29. The van der Waals surface area contributed by atoms with Crippen LogP contribution < -0.4 is 5.73 Å². The Morgan fingerprint density at radius 1 is 1.40 bits per heavy atom. The summed E-state index contributed by atoms with van der Waals surface area (Å²) in [6, 6.07) is 1.45. The number of alkyl halides is 3. The van der Waals surface area contributed by atoms with Gasteiger partial charge in [0.1, 0.15) is 5.82 Å². The number of nitrogen functional groups attached to an aromatic ring is 1. The van der Waals surface area contributed by atoms with E-state index in [2.05, 4.69) is 14.5 Å². The molecule has 0 spiro atoms. The molecule has 2 aromatic rings. The Morgan fingerprint density at radius 3 is 2.60 bits per heavy atom. The van der Waals surface area contributed by atoms with Crippen LogP contribution in [-0.4, -0.2) is 19.1 Å². The average molecular weight is 235 g/mol. The van der Waals surface area contributed by atoms with Gasteiger partial charge in [-0.3, -0.25) is 0 Å². The molecule has 0 fully saturated rings. The number of hydrogen-bond acceptors (Lipinski definition) is 5. The molecule has 0 radical (unpaired) electrons. The first-order valence-electron chi connectivity index (χ1n) is 3.69. The van der Waals surface area contributed by atoms with E-state index in [9.17, 15) is 13.2 Å². The van der Waals surface area contributed by atoms with Crippen molar-refractivity contribution in [3.05, 3.63) is 18.1 Å². The Balaban J connectivity index is 2.36. The van der Waals surface area contributed by atoms with Crippen molar-refractivity contribution in [2.75, 3.05) is 5.73 Å². The highest BCUT2D eigenvalue weighted by Gasteiger charge is 2.36. The molecule has 0 amide bonds. The summed E-state index contributed by atoms with van der Waals surface area (Å²) in [7, 11) is 0. The molecule has 80 valence electrons. The van der Waals surface area contributed by atoms with E-state index >= 15 is 0 Å². The third kappa shape index (κ3) is 1.91. The highest BCUT2D eigenvalue weighted by atomic mass is 32.1. The second-order valence-electron chi connectivity index (χ2n) is 2.58. The third-order valence-corrected chi connectivity index (χ3v) is 2.18. The van der Waals surface area contributed by atoms with Crippen LogP contribution >= 0.6 is 11.5 Å². The lowest BCUT2D eigenvalue weighted by Gasteiger charge is -1.97. The van der Waals surface area contributed by atoms with Crippen LogP contribution in [0.3, 0.4) is 0 Å². The molecule has 2 aromatic heterocycles. The Kier molecular flexibility index (Phi) is 2.11. The van der Waals surface area contributed by atoms with Crippen molar-refractivity contribution in [1.29, 1.82) is 0 Å². The Morgan fingerprint density at radius 2 is 2.13 bits per heavy atom. The quantitative estimate of drug-likeness (QED) is 0.809. The third-order valence-electron chi connectivity index (χ3n) is 1.47. The SMILES string of the molecule is Nc1ccn(-c2nc(C(F)(F)F)ns2)n1. The molecule has 0 aromatic carbocycles. The molecule has 0 aliphatic carbocycles. The first kappa shape index (κ1) is 9.90. The van der Waals surface area contributed by atoms with Gasteiger partial charge in [-0.1, -0.05) is 0 Å². The normalized spacial score (nSPS) is 11.9. The lowest BCUT2D eigenvalue weighted by Crippen LogP contribution is -2.07. The molecular formula is C6H4F3N5S. The number of nitrogens with zero attached hydrogens (tertiary/aromatic N) is 4. The highest BCUT2D eigenvalue weighted by Crippen LogP contribution is 2.28. The number of halogens is 3. The van der Waals surface area contributed by atoms with Crippen molar-refractivity contribution >= 4 is 17.4 Å². The highest BCUT2D eigenvalue weighted by molar-refractivity contribution is 7.08. The molecule has 0 saturated carbocycles. The monoisotopic (exact) mass is 235 g/mol. The van der Waals surface area contributed by atoms with Gasteiger partial charge in [0.2, 0.25) is 11.0 Å². The summed E-state index contributed by atoms with van der Waals surface area (Å²) >= 11 is 0.607. The lowest BCUT2D eigenvalue weighted by atomic mass is 10.6. The average Bonchev–Trinajstić information content (AvgIpc) is 2.69. The van der Waals surface area contributed by atoms with E-state index in [0.29, 0.717) is 11.5 Å². The molecule has 0 saturated heterocycles. The molecule has 0 atom stereocenters. The van der Waals surface area contributed by atoms with Gasteiger partial charge in [-0.05, 0) is 0 Å². The number of nitrogens with two attached hydrogens (primary N) is 1. The van der Waals surface area contributed by atoms with Crippen LogP contribution in [0.2, 0.25) is 0 Å². The van der Waals surface area contributed by atoms with Gasteiger partial charge in [0.15, 0.2) is 0 Å². The summed E-state index contributed by atoms with van der Waals surface area (Å²) in [5.74, 6) is -0.963. The molecule has 0 aliphatic heterocycles. The predicted molar refractivity (Wildman–Crippen MR) is 46.4 cm³/mol. The zero-order valence-electron chi connectivity index (χ0n) is 7.06. The van der Waals surface area contributed by atoms with Crippen molar-refractivity contribution in [2.24, 2.45) is 0 Å². The van der Waals surface area contributed by atoms with Crippen LogP contribution in [0.5, 0.6) is 0 Å². The maximum atomic E-state index is 12.1. The van der Waals surface area contributed by atoms with Crippen LogP contribution in [0.25, 0.3) is 5.13 Å². The van der Waals surface area contributed by atoms with Gasteiger partial charge < -0.3 is 5.73 Å². The fourth-order valence-electron chi connectivity index (χ4n) is 0.868. The Bertz CT molecular complexity index is 473. The van der Waals surface area contributed by atoms with Gasteiger partial charge in [0.25, 0.3) is 0 Å². The minimum Gasteiger partial charge on any atom is -0.382 e. The maximum absolute atomic E-state index is 12.1. The van der Waals surface area contributed by atoms with Crippen molar-refractivity contribution < 1.29 is 13.2 Å². The fourth-order valence-corrected chi connectivity index (χ4v) is 1.49. The second-order valence-corrected chi connectivity index (χ2v) is 3.31. The zero-order chi connectivity index (χ0) is 11.1. The number of aromatic nitrogens is 4. The predicted octanol–water partition coefficient (Wildman–Crippen LogP) is 1.32. The van der Waals surface area contributed by atoms with Crippen molar-refractivity contribution in [1.82, 2.24) is 19.1 Å². The molecule has 2 heterocycles. The molecule has 9 heteroatoms. The number of rotatable bonds is 1. The van der Waals surface area contributed by atoms with Crippen LogP contribution in [0, 0.1) is 0 Å². The molecule has 0 aliphatic rings. The van der Waals surface area contributed by atoms with Crippen LogP contribution in [-0.2, 0) is 6.18 Å². The van der Waals surface area contributed by atoms with Gasteiger partial charge >= 0.3 is 6.18 Å².